The van der Waals surface area contributed by atoms with E-state index in [4.69, 9.17) is 11.1 Å². The number of aliphatic hydroxyl groups excluding tert-OH is 1. The average Bonchev–Trinajstić information content (AvgIpc) is 2.42. The Morgan fingerprint density at radius 1 is 1.10 bits per heavy atom. The smallest absolute Gasteiger partial charge is 0.151 e. The summed E-state index contributed by atoms with van der Waals surface area (Å²) in [7, 11) is 0. The van der Waals surface area contributed by atoms with Crippen LogP contribution >= 0.6 is 72.3 Å². The molecule has 0 aromatic rings. The number of rotatable bonds is 13. The molecule has 0 aromatic heterocycles. The first kappa shape index (κ1) is 21.5. The number of nitrogens with one attached hydrogen (secondary N) is 1. The standard InChI is InChI=1S/C11H24N2OS6/c12-11(13)19-4-3-18-6-9(14)7-20-10(5-16)8-17-2-1-15/h9-10,14-16H,1-8H2,(H3,12,13). The zero-order chi connectivity index (χ0) is 15.2. The number of amidine groups is 1. The second-order valence-electron chi connectivity index (χ2n) is 3.88. The Labute approximate surface area is 150 Å². The van der Waals surface area contributed by atoms with Gasteiger partial charge < -0.3 is 10.8 Å². The predicted molar refractivity (Wildman–Crippen MR) is 109 cm³/mol. The van der Waals surface area contributed by atoms with Crippen LogP contribution in [0.25, 0.3) is 0 Å². The summed E-state index contributed by atoms with van der Waals surface area (Å²) in [6.45, 7) is 0. The summed E-state index contributed by atoms with van der Waals surface area (Å²) in [5.74, 6) is 7.16. The van der Waals surface area contributed by atoms with Crippen LogP contribution in [0, 0.1) is 5.41 Å². The fourth-order valence-corrected chi connectivity index (χ4v) is 5.96. The van der Waals surface area contributed by atoms with Crippen LogP contribution in [-0.4, -0.2) is 67.7 Å². The maximum absolute atomic E-state index is 9.91. The summed E-state index contributed by atoms with van der Waals surface area (Å²) in [5, 5.41) is 17.7. The Morgan fingerprint density at radius 3 is 2.40 bits per heavy atom. The highest BCUT2D eigenvalue weighted by atomic mass is 32.2. The maximum atomic E-state index is 9.91. The molecule has 0 rings (SSSR count). The van der Waals surface area contributed by atoms with Gasteiger partial charge in [0.05, 0.1) is 6.10 Å². The molecule has 0 amide bonds. The summed E-state index contributed by atoms with van der Waals surface area (Å²) in [6.07, 6.45) is -0.274. The highest BCUT2D eigenvalue weighted by Gasteiger charge is 2.11. The highest BCUT2D eigenvalue weighted by molar-refractivity contribution is 8.14. The number of hydrogen-bond donors (Lipinski definition) is 5. The van der Waals surface area contributed by atoms with Crippen LogP contribution in [0.2, 0.25) is 0 Å². The fourth-order valence-electron chi connectivity index (χ4n) is 1.16. The third-order valence-corrected chi connectivity index (χ3v) is 8.09. The predicted octanol–water partition coefficient (Wildman–Crippen LogP) is 2.40. The molecular weight excluding hydrogens is 369 g/mol. The fraction of sp³-hybridized carbons (Fsp3) is 0.909. The van der Waals surface area contributed by atoms with Gasteiger partial charge in [0.2, 0.25) is 0 Å². The van der Waals surface area contributed by atoms with Crippen molar-refractivity contribution in [3.8, 4) is 0 Å². The van der Waals surface area contributed by atoms with Crippen LogP contribution < -0.4 is 5.73 Å². The topological polar surface area (TPSA) is 70.1 Å². The van der Waals surface area contributed by atoms with Gasteiger partial charge in [-0.1, -0.05) is 11.8 Å². The van der Waals surface area contributed by atoms with Crippen LogP contribution in [0.1, 0.15) is 0 Å². The lowest BCUT2D eigenvalue weighted by Crippen LogP contribution is -2.19. The first-order chi connectivity index (χ1) is 9.60. The summed E-state index contributed by atoms with van der Waals surface area (Å²) in [4.78, 5) is 0. The molecule has 4 N–H and O–H groups in total. The van der Waals surface area contributed by atoms with Gasteiger partial charge in [-0.05, 0) is 5.75 Å². The van der Waals surface area contributed by atoms with Crippen molar-refractivity contribution in [2.75, 3.05) is 46.0 Å². The second-order valence-corrected chi connectivity index (χ2v) is 9.46. The summed E-state index contributed by atoms with van der Waals surface area (Å²) >= 11 is 15.3. The number of aliphatic hydroxyl groups is 1. The minimum Gasteiger partial charge on any atom is -0.391 e. The molecule has 120 valence electrons. The van der Waals surface area contributed by atoms with E-state index in [-0.39, 0.29) is 11.3 Å². The third-order valence-electron chi connectivity index (χ3n) is 2.06. The van der Waals surface area contributed by atoms with Crippen molar-refractivity contribution in [2.45, 2.75) is 11.4 Å². The Bertz CT molecular complexity index is 247. The quantitative estimate of drug-likeness (QED) is 0.143. The van der Waals surface area contributed by atoms with Crippen molar-refractivity contribution in [3.05, 3.63) is 0 Å². The van der Waals surface area contributed by atoms with Crippen LogP contribution in [-0.2, 0) is 0 Å². The summed E-state index contributed by atoms with van der Waals surface area (Å²) in [5.41, 5.74) is 5.25. The number of thiol groups is 2. The SMILES string of the molecule is N=C(N)SCCSCC(O)CSC(CS)CSCCS. The van der Waals surface area contributed by atoms with Crippen LogP contribution in [0.4, 0.5) is 0 Å². The highest BCUT2D eigenvalue weighted by Crippen LogP contribution is 2.20. The van der Waals surface area contributed by atoms with Crippen molar-refractivity contribution in [3.63, 3.8) is 0 Å². The van der Waals surface area contributed by atoms with E-state index in [1.54, 1.807) is 23.5 Å². The van der Waals surface area contributed by atoms with E-state index in [9.17, 15) is 5.11 Å². The average molecular weight is 393 g/mol. The Hall–Kier alpha value is 1.53. The normalized spacial score (nSPS) is 14.2. The molecule has 3 nitrogen and oxygen atoms in total. The van der Waals surface area contributed by atoms with Crippen molar-refractivity contribution >= 4 is 77.5 Å². The van der Waals surface area contributed by atoms with E-state index in [0.29, 0.717) is 5.25 Å². The van der Waals surface area contributed by atoms with E-state index >= 15 is 0 Å². The number of thioether (sulfide) groups is 4. The van der Waals surface area contributed by atoms with Crippen LogP contribution in [0.15, 0.2) is 0 Å². The van der Waals surface area contributed by atoms with Crippen LogP contribution in [0.5, 0.6) is 0 Å². The van der Waals surface area contributed by atoms with Gasteiger partial charge in [0.25, 0.3) is 0 Å². The van der Waals surface area contributed by atoms with Gasteiger partial charge >= 0.3 is 0 Å². The lowest BCUT2D eigenvalue weighted by Gasteiger charge is -2.16. The Morgan fingerprint density at radius 2 is 1.80 bits per heavy atom. The first-order valence-electron chi connectivity index (χ1n) is 6.23. The largest absolute Gasteiger partial charge is 0.391 e. The van der Waals surface area contributed by atoms with Crippen molar-refractivity contribution < 1.29 is 5.11 Å². The molecule has 9 heteroatoms. The van der Waals surface area contributed by atoms with Gasteiger partial charge in [-0.3, -0.25) is 5.41 Å². The van der Waals surface area contributed by atoms with Crippen molar-refractivity contribution in [1.82, 2.24) is 0 Å². The lowest BCUT2D eigenvalue weighted by molar-refractivity contribution is 0.225. The molecule has 0 heterocycles. The molecule has 0 saturated carbocycles. The van der Waals surface area contributed by atoms with Gasteiger partial charge in [-0.2, -0.15) is 60.5 Å². The molecular formula is C11H24N2OS6. The molecule has 0 aliphatic carbocycles. The lowest BCUT2D eigenvalue weighted by atomic mass is 10.5. The molecule has 0 bridgehead atoms. The van der Waals surface area contributed by atoms with Crippen LogP contribution in [0.3, 0.4) is 0 Å². The van der Waals surface area contributed by atoms with Crippen molar-refractivity contribution in [1.29, 1.82) is 5.41 Å². The molecule has 0 saturated heterocycles. The second kappa shape index (κ2) is 15.4. The Balaban J connectivity index is 3.53. The molecule has 0 radical (unpaired) electrons. The van der Waals surface area contributed by atoms with Gasteiger partial charge in [0.15, 0.2) is 5.17 Å². The van der Waals surface area contributed by atoms with Gasteiger partial charge in [0.1, 0.15) is 0 Å². The van der Waals surface area contributed by atoms with E-state index in [2.05, 4.69) is 25.3 Å². The summed E-state index contributed by atoms with van der Waals surface area (Å²) in [6, 6.07) is 0. The first-order valence-corrected chi connectivity index (χ1v) is 11.8. The zero-order valence-electron chi connectivity index (χ0n) is 11.4. The Kier molecular flexibility index (Phi) is 16.6. The minimum absolute atomic E-state index is 0.164. The molecule has 0 spiro atoms. The van der Waals surface area contributed by atoms with Gasteiger partial charge in [-0.15, -0.1) is 0 Å². The third kappa shape index (κ3) is 14.5. The minimum atomic E-state index is -0.274. The van der Waals surface area contributed by atoms with Gasteiger partial charge in [-0.25, -0.2) is 0 Å². The molecule has 0 fully saturated rings. The maximum Gasteiger partial charge on any atom is 0.151 e. The van der Waals surface area contributed by atoms with E-state index < -0.39 is 0 Å². The van der Waals surface area contributed by atoms with Crippen molar-refractivity contribution in [2.24, 2.45) is 5.73 Å². The molecule has 0 aromatic carbocycles. The number of hydrogen-bond acceptors (Lipinski definition) is 8. The van der Waals surface area contributed by atoms with E-state index in [1.165, 1.54) is 11.8 Å². The molecule has 0 aliphatic heterocycles. The summed E-state index contributed by atoms with van der Waals surface area (Å²) < 4.78 is 0. The number of nitrogens with two attached hydrogens (primary N) is 1. The van der Waals surface area contributed by atoms with E-state index in [0.717, 1.165) is 46.0 Å². The molecule has 20 heavy (non-hydrogen) atoms. The monoisotopic (exact) mass is 392 g/mol. The molecule has 0 aliphatic rings. The zero-order valence-corrected chi connectivity index (χ0v) is 16.4. The molecule has 2 unspecified atom stereocenters. The van der Waals surface area contributed by atoms with E-state index in [1.807, 2.05) is 11.8 Å². The van der Waals surface area contributed by atoms with Gasteiger partial charge in [0, 0.05) is 45.5 Å². The molecule has 2 atom stereocenters.